The van der Waals surface area contributed by atoms with Crippen LogP contribution in [0.3, 0.4) is 0 Å². The molecule has 1 aliphatic rings. The van der Waals surface area contributed by atoms with Gasteiger partial charge in [-0.05, 0) is 19.5 Å². The van der Waals surface area contributed by atoms with E-state index in [1.165, 1.54) is 6.26 Å². The van der Waals surface area contributed by atoms with Crippen molar-refractivity contribution in [3.8, 4) is 0 Å². The van der Waals surface area contributed by atoms with E-state index in [1.54, 1.807) is 0 Å². The number of carbonyl (C=O) groups excluding carboxylic acids is 1. The lowest BCUT2D eigenvalue weighted by molar-refractivity contribution is -0.123. The van der Waals surface area contributed by atoms with Crippen molar-refractivity contribution in [2.75, 3.05) is 26.8 Å². The summed E-state index contributed by atoms with van der Waals surface area (Å²) in [4.78, 5) is 12.0. The molecule has 1 aliphatic heterocycles. The van der Waals surface area contributed by atoms with Crippen molar-refractivity contribution in [2.45, 2.75) is 12.5 Å². The van der Waals surface area contributed by atoms with Crippen LogP contribution in [0.25, 0.3) is 0 Å². The Balaban J connectivity index is 2.15. The van der Waals surface area contributed by atoms with Gasteiger partial charge in [0.1, 0.15) is 0 Å². The van der Waals surface area contributed by atoms with Crippen molar-refractivity contribution < 1.29 is 14.3 Å². The third-order valence-electron chi connectivity index (χ3n) is 2.15. The summed E-state index contributed by atoms with van der Waals surface area (Å²) in [6, 6.07) is 0.501. The summed E-state index contributed by atoms with van der Waals surface area (Å²) in [7, 11) is 2.03. The Morgan fingerprint density at radius 1 is 1.69 bits per heavy atom. The number of nitrogens with zero attached hydrogens (tertiary/aromatic N) is 1. The largest absolute Gasteiger partial charge is 0.437 e. The van der Waals surface area contributed by atoms with E-state index in [-0.39, 0.29) is 0 Å². The van der Waals surface area contributed by atoms with Crippen molar-refractivity contribution in [1.82, 2.24) is 4.90 Å². The summed E-state index contributed by atoms with van der Waals surface area (Å²) in [5.41, 5.74) is 0. The Kier molecular flexibility index (Phi) is 4.49. The Morgan fingerprint density at radius 3 is 3.15 bits per heavy atom. The predicted molar refractivity (Wildman–Crippen MR) is 48.1 cm³/mol. The van der Waals surface area contributed by atoms with Crippen LogP contribution in [-0.4, -0.2) is 44.2 Å². The first-order valence-electron chi connectivity index (χ1n) is 4.36. The third kappa shape index (κ3) is 3.57. The summed E-state index contributed by atoms with van der Waals surface area (Å²) in [6.45, 7) is 2.85. The van der Waals surface area contributed by atoms with E-state index >= 15 is 0 Å². The molecule has 0 bridgehead atoms. The summed E-state index contributed by atoms with van der Waals surface area (Å²) >= 11 is 0. The van der Waals surface area contributed by atoms with Gasteiger partial charge >= 0.3 is 0 Å². The van der Waals surface area contributed by atoms with Gasteiger partial charge in [-0.3, -0.25) is 9.69 Å². The maximum atomic E-state index is 9.80. The van der Waals surface area contributed by atoms with Gasteiger partial charge in [0, 0.05) is 19.2 Å². The van der Waals surface area contributed by atoms with Crippen LogP contribution in [0.15, 0.2) is 12.3 Å². The van der Waals surface area contributed by atoms with Crippen LogP contribution in [0, 0.1) is 0 Å². The molecule has 0 N–H and O–H groups in total. The summed E-state index contributed by atoms with van der Waals surface area (Å²) in [5, 5.41) is 0. The molecule has 0 aromatic carbocycles. The highest BCUT2D eigenvalue weighted by atomic mass is 16.5. The first-order chi connectivity index (χ1) is 6.34. The molecule has 0 amide bonds. The Morgan fingerprint density at radius 2 is 2.54 bits per heavy atom. The molecule has 1 saturated heterocycles. The van der Waals surface area contributed by atoms with Crippen LogP contribution in [0.4, 0.5) is 0 Å². The highest BCUT2D eigenvalue weighted by Crippen LogP contribution is 2.09. The van der Waals surface area contributed by atoms with Crippen molar-refractivity contribution in [2.24, 2.45) is 0 Å². The van der Waals surface area contributed by atoms with E-state index in [9.17, 15) is 4.79 Å². The van der Waals surface area contributed by atoms with Crippen LogP contribution in [-0.2, 0) is 14.3 Å². The first kappa shape index (κ1) is 10.2. The smallest absolute Gasteiger partial charge is 0.297 e. The minimum Gasteiger partial charge on any atom is -0.437 e. The molecule has 0 aliphatic carbocycles. The number of hydrogen-bond donors (Lipinski definition) is 0. The minimum atomic E-state index is 0.412. The van der Waals surface area contributed by atoms with Crippen molar-refractivity contribution >= 4 is 6.47 Å². The van der Waals surface area contributed by atoms with Crippen LogP contribution < -0.4 is 0 Å². The highest BCUT2D eigenvalue weighted by molar-refractivity contribution is 5.38. The van der Waals surface area contributed by atoms with Gasteiger partial charge in [-0.25, -0.2) is 0 Å². The first-order valence-corrected chi connectivity index (χ1v) is 4.36. The Labute approximate surface area is 78.1 Å². The van der Waals surface area contributed by atoms with E-state index in [0.717, 1.165) is 26.2 Å². The summed E-state index contributed by atoms with van der Waals surface area (Å²) in [5.74, 6) is 0. The molecule has 1 rings (SSSR count). The van der Waals surface area contributed by atoms with Crippen LogP contribution >= 0.6 is 0 Å². The lowest BCUT2D eigenvalue weighted by Gasteiger charge is -2.20. The fourth-order valence-corrected chi connectivity index (χ4v) is 1.32. The van der Waals surface area contributed by atoms with Gasteiger partial charge in [-0.2, -0.15) is 0 Å². The molecule has 0 aromatic rings. The molecule has 4 nitrogen and oxygen atoms in total. The van der Waals surface area contributed by atoms with Gasteiger partial charge in [0.05, 0.1) is 12.9 Å². The second kappa shape index (κ2) is 5.72. The van der Waals surface area contributed by atoms with Gasteiger partial charge in [0.2, 0.25) is 0 Å². The average Bonchev–Trinajstić information content (AvgIpc) is 2.65. The molecule has 0 saturated carbocycles. The van der Waals surface area contributed by atoms with Gasteiger partial charge in [0.25, 0.3) is 6.47 Å². The zero-order valence-corrected chi connectivity index (χ0v) is 7.81. The molecular formula is C9H15NO3. The number of ether oxygens (including phenoxy) is 2. The van der Waals surface area contributed by atoms with Gasteiger partial charge in [-0.15, -0.1) is 0 Å². The maximum absolute atomic E-state index is 9.80. The number of likely N-dealkylation sites (N-methyl/N-ethyl adjacent to an activating group) is 1. The summed E-state index contributed by atoms with van der Waals surface area (Å²) < 4.78 is 9.68. The van der Waals surface area contributed by atoms with E-state index in [1.807, 2.05) is 13.1 Å². The lowest BCUT2D eigenvalue weighted by Crippen LogP contribution is -2.31. The fourth-order valence-electron chi connectivity index (χ4n) is 1.32. The van der Waals surface area contributed by atoms with Gasteiger partial charge < -0.3 is 9.47 Å². The SMILES string of the molecule is CN(C/C=C/OC=O)[C@H]1CCOC1. The highest BCUT2D eigenvalue weighted by Gasteiger charge is 2.18. The predicted octanol–water partition coefficient (Wildman–Crippen LogP) is 0.394. The van der Waals surface area contributed by atoms with Crippen molar-refractivity contribution in [1.29, 1.82) is 0 Å². The molecule has 4 heteroatoms. The molecule has 0 spiro atoms. The second-order valence-electron chi connectivity index (χ2n) is 3.06. The van der Waals surface area contributed by atoms with E-state index in [0.29, 0.717) is 12.5 Å². The quantitative estimate of drug-likeness (QED) is 0.459. The molecular weight excluding hydrogens is 170 g/mol. The molecule has 1 heterocycles. The van der Waals surface area contributed by atoms with E-state index < -0.39 is 0 Å². The third-order valence-corrected chi connectivity index (χ3v) is 2.15. The van der Waals surface area contributed by atoms with Crippen LogP contribution in [0.2, 0.25) is 0 Å². The molecule has 1 atom stereocenters. The van der Waals surface area contributed by atoms with E-state index in [4.69, 9.17) is 4.74 Å². The maximum Gasteiger partial charge on any atom is 0.297 e. The normalized spacial score (nSPS) is 22.8. The molecule has 0 unspecified atom stereocenters. The van der Waals surface area contributed by atoms with Gasteiger partial charge in [0.15, 0.2) is 0 Å². The molecule has 74 valence electrons. The molecule has 1 fully saturated rings. The topological polar surface area (TPSA) is 38.8 Å². The zero-order chi connectivity index (χ0) is 9.52. The zero-order valence-electron chi connectivity index (χ0n) is 7.81. The lowest BCUT2D eigenvalue weighted by atomic mass is 10.2. The monoisotopic (exact) mass is 185 g/mol. The Hall–Kier alpha value is -0.870. The number of hydrogen-bond acceptors (Lipinski definition) is 4. The minimum absolute atomic E-state index is 0.412. The van der Waals surface area contributed by atoms with Crippen LogP contribution in [0.5, 0.6) is 0 Å². The molecule has 0 radical (unpaired) electrons. The second-order valence-corrected chi connectivity index (χ2v) is 3.06. The van der Waals surface area contributed by atoms with Crippen molar-refractivity contribution in [3.05, 3.63) is 12.3 Å². The van der Waals surface area contributed by atoms with Gasteiger partial charge in [-0.1, -0.05) is 0 Å². The number of rotatable bonds is 5. The molecule has 0 aromatic heterocycles. The Bertz CT molecular complexity index is 176. The standard InChI is InChI=1S/C9H15NO3/c1-10(4-2-5-13-8-11)9-3-6-12-7-9/h2,5,8-9H,3-4,6-7H2,1H3/b5-2+/t9-/m0/s1. The van der Waals surface area contributed by atoms with Crippen LogP contribution in [0.1, 0.15) is 6.42 Å². The molecule has 13 heavy (non-hydrogen) atoms. The summed E-state index contributed by atoms with van der Waals surface area (Å²) in [6.07, 6.45) is 4.30. The fraction of sp³-hybridized carbons (Fsp3) is 0.667. The number of carbonyl (C=O) groups is 1. The van der Waals surface area contributed by atoms with Crippen molar-refractivity contribution in [3.63, 3.8) is 0 Å². The van der Waals surface area contributed by atoms with E-state index in [2.05, 4.69) is 9.64 Å². The average molecular weight is 185 g/mol.